The maximum atomic E-state index is 10.1. The van der Waals surface area contributed by atoms with Gasteiger partial charge in [-0.2, -0.15) is 9.97 Å². The monoisotopic (exact) mass is 348 g/mol. The standard InChI is InChI=1S/C17H28N6O2/c1-4-7-9-23(10-8-5-2)15-13-14(21-16(18)22-15)19-11-12(20-13)17(24,25)6-3/h11,24-25H,4-10H2,1-3H3,(H2,18,19,21,22). The fourth-order valence-corrected chi connectivity index (χ4v) is 2.53. The number of rotatable bonds is 9. The first kappa shape index (κ1) is 19.3. The number of nitrogens with two attached hydrogens (primary N) is 1. The zero-order chi connectivity index (χ0) is 18.4. The maximum Gasteiger partial charge on any atom is 0.224 e. The molecule has 8 heteroatoms. The van der Waals surface area contributed by atoms with E-state index in [4.69, 9.17) is 5.73 Å². The summed E-state index contributed by atoms with van der Waals surface area (Å²) >= 11 is 0. The van der Waals surface area contributed by atoms with Gasteiger partial charge < -0.3 is 20.8 Å². The minimum Gasteiger partial charge on any atom is -0.368 e. The number of aliphatic hydroxyl groups is 2. The summed E-state index contributed by atoms with van der Waals surface area (Å²) in [5.41, 5.74) is 6.74. The van der Waals surface area contributed by atoms with Crippen molar-refractivity contribution in [3.05, 3.63) is 11.9 Å². The van der Waals surface area contributed by atoms with Gasteiger partial charge in [0.1, 0.15) is 5.69 Å². The Labute approximate surface area is 148 Å². The van der Waals surface area contributed by atoms with E-state index in [0.29, 0.717) is 17.0 Å². The first-order valence-electron chi connectivity index (χ1n) is 8.93. The number of nitrogens with zero attached hydrogens (tertiary/aromatic N) is 5. The first-order chi connectivity index (χ1) is 11.9. The Bertz CT molecular complexity index is 699. The lowest BCUT2D eigenvalue weighted by Crippen LogP contribution is -2.29. The SMILES string of the molecule is CCCCN(CCCC)c1nc(N)nc2ncc(C(O)(O)CC)nc12. The van der Waals surface area contributed by atoms with Crippen LogP contribution in [-0.2, 0) is 5.79 Å². The lowest BCUT2D eigenvalue weighted by molar-refractivity contribution is -0.174. The first-order valence-corrected chi connectivity index (χ1v) is 8.93. The van der Waals surface area contributed by atoms with Crippen LogP contribution in [0.4, 0.5) is 11.8 Å². The van der Waals surface area contributed by atoms with Gasteiger partial charge in [0.15, 0.2) is 17.0 Å². The third-order valence-electron chi connectivity index (χ3n) is 4.17. The Hall–Kier alpha value is -2.06. The van der Waals surface area contributed by atoms with Crippen molar-refractivity contribution in [2.45, 2.75) is 58.7 Å². The van der Waals surface area contributed by atoms with Crippen molar-refractivity contribution in [3.63, 3.8) is 0 Å². The summed E-state index contributed by atoms with van der Waals surface area (Å²) in [5, 5.41) is 20.2. The minimum atomic E-state index is -2.03. The lowest BCUT2D eigenvalue weighted by atomic mass is 10.1. The third kappa shape index (κ3) is 4.52. The zero-order valence-corrected chi connectivity index (χ0v) is 15.2. The normalized spacial score (nSPS) is 11.9. The number of hydrogen-bond donors (Lipinski definition) is 3. The second-order valence-electron chi connectivity index (χ2n) is 6.20. The van der Waals surface area contributed by atoms with Crippen LogP contribution in [0.5, 0.6) is 0 Å². The van der Waals surface area contributed by atoms with E-state index >= 15 is 0 Å². The largest absolute Gasteiger partial charge is 0.368 e. The summed E-state index contributed by atoms with van der Waals surface area (Å²) in [6, 6.07) is 0. The molecule has 8 nitrogen and oxygen atoms in total. The van der Waals surface area contributed by atoms with Gasteiger partial charge in [0.05, 0.1) is 6.20 Å². The van der Waals surface area contributed by atoms with Crippen molar-refractivity contribution in [3.8, 4) is 0 Å². The number of hydrogen-bond acceptors (Lipinski definition) is 8. The van der Waals surface area contributed by atoms with E-state index in [2.05, 4.69) is 38.7 Å². The van der Waals surface area contributed by atoms with E-state index in [-0.39, 0.29) is 18.1 Å². The molecular weight excluding hydrogens is 320 g/mol. The molecule has 138 valence electrons. The van der Waals surface area contributed by atoms with E-state index in [0.717, 1.165) is 38.8 Å². The highest BCUT2D eigenvalue weighted by Gasteiger charge is 2.27. The average molecular weight is 348 g/mol. The fraction of sp³-hybridized carbons (Fsp3) is 0.647. The van der Waals surface area contributed by atoms with Gasteiger partial charge >= 0.3 is 0 Å². The van der Waals surface area contributed by atoms with Gasteiger partial charge in [-0.15, -0.1) is 0 Å². The predicted molar refractivity (Wildman–Crippen MR) is 98.0 cm³/mol. The van der Waals surface area contributed by atoms with Crippen LogP contribution in [0.3, 0.4) is 0 Å². The molecule has 4 N–H and O–H groups in total. The minimum absolute atomic E-state index is 0.0862. The molecule has 0 amide bonds. The molecule has 0 unspecified atom stereocenters. The maximum absolute atomic E-state index is 10.1. The molecule has 2 heterocycles. The Kier molecular flexibility index (Phi) is 6.44. The van der Waals surface area contributed by atoms with Crippen LogP contribution in [0, 0.1) is 0 Å². The van der Waals surface area contributed by atoms with Gasteiger partial charge in [0.2, 0.25) is 11.7 Å². The zero-order valence-electron chi connectivity index (χ0n) is 15.2. The molecule has 2 aromatic rings. The molecule has 0 spiro atoms. The van der Waals surface area contributed by atoms with Crippen LogP contribution >= 0.6 is 0 Å². The van der Waals surface area contributed by atoms with Crippen molar-refractivity contribution in [1.29, 1.82) is 0 Å². The molecule has 0 saturated heterocycles. The van der Waals surface area contributed by atoms with Crippen molar-refractivity contribution < 1.29 is 10.2 Å². The number of fused-ring (bicyclic) bond motifs is 1. The summed E-state index contributed by atoms with van der Waals surface area (Å²) in [6.07, 6.45) is 5.58. The van der Waals surface area contributed by atoms with Gasteiger partial charge in [-0.1, -0.05) is 33.6 Å². The molecule has 0 atom stereocenters. The summed E-state index contributed by atoms with van der Waals surface area (Å²) < 4.78 is 0. The molecule has 0 saturated carbocycles. The molecule has 0 aliphatic carbocycles. The smallest absolute Gasteiger partial charge is 0.224 e. The number of aromatic nitrogens is 4. The molecule has 2 aromatic heterocycles. The molecule has 0 aromatic carbocycles. The van der Waals surface area contributed by atoms with Gasteiger partial charge in [-0.3, -0.25) is 0 Å². The molecule has 25 heavy (non-hydrogen) atoms. The number of unbranched alkanes of at least 4 members (excludes halogenated alkanes) is 2. The van der Waals surface area contributed by atoms with Crippen LogP contribution in [0.25, 0.3) is 11.2 Å². The average Bonchev–Trinajstić information content (AvgIpc) is 2.60. The number of anilines is 2. The van der Waals surface area contributed by atoms with Crippen molar-refractivity contribution in [2.75, 3.05) is 23.7 Å². The van der Waals surface area contributed by atoms with E-state index in [9.17, 15) is 10.2 Å². The Morgan fingerprint density at radius 2 is 1.68 bits per heavy atom. The molecule has 0 aliphatic rings. The second-order valence-corrected chi connectivity index (χ2v) is 6.20. The van der Waals surface area contributed by atoms with Crippen molar-refractivity contribution in [1.82, 2.24) is 19.9 Å². The summed E-state index contributed by atoms with van der Waals surface area (Å²) in [7, 11) is 0. The summed E-state index contributed by atoms with van der Waals surface area (Å²) in [4.78, 5) is 19.3. The van der Waals surface area contributed by atoms with Crippen LogP contribution in [0.1, 0.15) is 58.6 Å². The van der Waals surface area contributed by atoms with Gasteiger partial charge in [0.25, 0.3) is 0 Å². The Balaban J connectivity index is 2.56. The van der Waals surface area contributed by atoms with E-state index in [1.807, 2.05) is 0 Å². The summed E-state index contributed by atoms with van der Waals surface area (Å²) in [6.45, 7) is 7.59. The lowest BCUT2D eigenvalue weighted by Gasteiger charge is -2.25. The van der Waals surface area contributed by atoms with Crippen LogP contribution in [0.2, 0.25) is 0 Å². The van der Waals surface area contributed by atoms with Crippen LogP contribution < -0.4 is 10.6 Å². The van der Waals surface area contributed by atoms with Gasteiger partial charge in [-0.05, 0) is 12.8 Å². The highest BCUT2D eigenvalue weighted by atomic mass is 16.5. The topological polar surface area (TPSA) is 121 Å². The fourth-order valence-electron chi connectivity index (χ4n) is 2.53. The molecule has 2 rings (SSSR count). The molecular formula is C17H28N6O2. The summed E-state index contributed by atoms with van der Waals surface area (Å²) in [5.74, 6) is -1.29. The molecule has 0 bridgehead atoms. The Morgan fingerprint density at radius 1 is 1.04 bits per heavy atom. The Morgan fingerprint density at radius 3 is 2.24 bits per heavy atom. The van der Waals surface area contributed by atoms with E-state index < -0.39 is 5.79 Å². The van der Waals surface area contributed by atoms with Gasteiger partial charge in [0, 0.05) is 19.5 Å². The predicted octanol–water partition coefficient (Wildman–Crippen LogP) is 1.96. The number of nitrogen functional groups attached to an aromatic ring is 1. The van der Waals surface area contributed by atoms with Crippen molar-refractivity contribution in [2.24, 2.45) is 0 Å². The third-order valence-corrected chi connectivity index (χ3v) is 4.17. The highest BCUT2D eigenvalue weighted by Crippen LogP contribution is 2.26. The van der Waals surface area contributed by atoms with Crippen molar-refractivity contribution >= 4 is 22.9 Å². The molecule has 0 fully saturated rings. The molecule has 0 aliphatic heterocycles. The van der Waals surface area contributed by atoms with Crippen LogP contribution in [-0.4, -0.2) is 43.2 Å². The second kappa shape index (κ2) is 8.35. The van der Waals surface area contributed by atoms with E-state index in [1.165, 1.54) is 6.20 Å². The van der Waals surface area contributed by atoms with E-state index in [1.54, 1.807) is 6.92 Å². The van der Waals surface area contributed by atoms with Gasteiger partial charge in [-0.25, -0.2) is 9.97 Å². The highest BCUT2D eigenvalue weighted by molar-refractivity contribution is 5.84. The molecule has 0 radical (unpaired) electrons. The quantitative estimate of drug-likeness (QED) is 0.588. The van der Waals surface area contributed by atoms with Crippen LogP contribution in [0.15, 0.2) is 6.20 Å².